The van der Waals surface area contributed by atoms with Gasteiger partial charge in [0.2, 0.25) is 0 Å². The summed E-state index contributed by atoms with van der Waals surface area (Å²) >= 11 is 0. The molecule has 1 atom stereocenters. The molecule has 0 saturated carbocycles. The van der Waals surface area contributed by atoms with Crippen molar-refractivity contribution < 1.29 is 9.13 Å². The summed E-state index contributed by atoms with van der Waals surface area (Å²) in [5.74, 6) is 0.746. The van der Waals surface area contributed by atoms with Crippen molar-refractivity contribution in [2.45, 2.75) is 12.3 Å². The average molecular weight is 195 g/mol. The molecule has 2 rings (SSSR count). The molecule has 0 bridgehead atoms. The van der Waals surface area contributed by atoms with Gasteiger partial charge in [-0.25, -0.2) is 4.39 Å². The monoisotopic (exact) mass is 195 g/mol. The second-order valence-corrected chi connectivity index (χ2v) is 3.58. The molecule has 0 spiro atoms. The minimum absolute atomic E-state index is 0.155. The van der Waals surface area contributed by atoms with E-state index in [0.717, 1.165) is 25.1 Å². The van der Waals surface area contributed by atoms with E-state index in [1.807, 2.05) is 12.1 Å². The lowest BCUT2D eigenvalue weighted by atomic mass is 9.98. The van der Waals surface area contributed by atoms with Crippen LogP contribution in [0.1, 0.15) is 17.9 Å². The minimum Gasteiger partial charge on any atom is -0.497 e. The smallest absolute Gasteiger partial charge is 0.130 e. The van der Waals surface area contributed by atoms with Gasteiger partial charge < -0.3 is 10.1 Å². The van der Waals surface area contributed by atoms with E-state index in [4.69, 9.17) is 4.74 Å². The molecule has 0 aromatic heterocycles. The highest BCUT2D eigenvalue weighted by Gasteiger charge is 2.19. The van der Waals surface area contributed by atoms with E-state index >= 15 is 0 Å². The Morgan fingerprint density at radius 3 is 2.93 bits per heavy atom. The van der Waals surface area contributed by atoms with Gasteiger partial charge >= 0.3 is 0 Å². The Morgan fingerprint density at radius 1 is 1.50 bits per heavy atom. The van der Waals surface area contributed by atoms with E-state index < -0.39 is 0 Å². The van der Waals surface area contributed by atoms with Crippen LogP contribution in [0, 0.1) is 5.82 Å². The van der Waals surface area contributed by atoms with Crippen LogP contribution in [0.4, 0.5) is 4.39 Å². The van der Waals surface area contributed by atoms with Crippen molar-refractivity contribution >= 4 is 0 Å². The molecular weight excluding hydrogens is 181 g/mol. The van der Waals surface area contributed by atoms with Gasteiger partial charge in [0, 0.05) is 18.5 Å². The maximum atomic E-state index is 13.6. The first-order valence-corrected chi connectivity index (χ1v) is 4.85. The number of halogens is 1. The number of rotatable bonds is 2. The van der Waals surface area contributed by atoms with E-state index in [9.17, 15) is 4.39 Å². The van der Waals surface area contributed by atoms with Crippen LogP contribution in [-0.4, -0.2) is 20.2 Å². The van der Waals surface area contributed by atoms with E-state index in [0.29, 0.717) is 11.7 Å². The Morgan fingerprint density at radius 2 is 2.36 bits per heavy atom. The third kappa shape index (κ3) is 1.73. The van der Waals surface area contributed by atoms with Gasteiger partial charge in [-0.2, -0.15) is 0 Å². The van der Waals surface area contributed by atoms with Crippen LogP contribution in [0.25, 0.3) is 0 Å². The summed E-state index contributed by atoms with van der Waals surface area (Å²) in [6, 6.07) is 5.09. The summed E-state index contributed by atoms with van der Waals surface area (Å²) in [6.07, 6.45) is 1.02. The fraction of sp³-hybridized carbons (Fsp3) is 0.455. The fourth-order valence-corrected chi connectivity index (χ4v) is 1.89. The molecule has 1 N–H and O–H groups in total. The van der Waals surface area contributed by atoms with Crippen molar-refractivity contribution in [1.29, 1.82) is 0 Å². The topological polar surface area (TPSA) is 21.3 Å². The third-order valence-corrected chi connectivity index (χ3v) is 2.71. The molecular formula is C11H14FNO. The molecule has 2 nitrogen and oxygen atoms in total. The van der Waals surface area contributed by atoms with Crippen molar-refractivity contribution in [2.75, 3.05) is 20.2 Å². The minimum atomic E-state index is -0.155. The average Bonchev–Trinajstić information content (AvgIpc) is 2.70. The van der Waals surface area contributed by atoms with Crippen molar-refractivity contribution in [2.24, 2.45) is 0 Å². The summed E-state index contributed by atoms with van der Waals surface area (Å²) in [5.41, 5.74) is 0.802. The second-order valence-electron chi connectivity index (χ2n) is 3.58. The highest BCUT2D eigenvalue weighted by molar-refractivity contribution is 5.31. The first kappa shape index (κ1) is 9.46. The fourth-order valence-electron chi connectivity index (χ4n) is 1.89. The maximum Gasteiger partial charge on any atom is 0.130 e. The molecule has 1 aliphatic heterocycles. The molecule has 76 valence electrons. The number of ether oxygens (including phenoxy) is 1. The van der Waals surface area contributed by atoms with Gasteiger partial charge in [-0.3, -0.25) is 0 Å². The Hall–Kier alpha value is -1.09. The van der Waals surface area contributed by atoms with E-state index in [1.165, 1.54) is 6.07 Å². The molecule has 1 saturated heterocycles. The lowest BCUT2D eigenvalue weighted by Crippen LogP contribution is -2.08. The van der Waals surface area contributed by atoms with Crippen molar-refractivity contribution in [1.82, 2.24) is 5.32 Å². The van der Waals surface area contributed by atoms with Gasteiger partial charge in [0.1, 0.15) is 11.6 Å². The van der Waals surface area contributed by atoms with Crippen LogP contribution in [0.3, 0.4) is 0 Å². The van der Waals surface area contributed by atoms with Gasteiger partial charge in [-0.1, -0.05) is 6.07 Å². The molecule has 1 heterocycles. The van der Waals surface area contributed by atoms with Gasteiger partial charge in [0.15, 0.2) is 0 Å². The lowest BCUT2D eigenvalue weighted by molar-refractivity contribution is 0.410. The Kier molecular flexibility index (Phi) is 2.68. The summed E-state index contributed by atoms with van der Waals surface area (Å²) in [6.45, 7) is 1.86. The molecule has 3 heteroatoms. The van der Waals surface area contributed by atoms with Crippen molar-refractivity contribution in [3.8, 4) is 5.75 Å². The largest absolute Gasteiger partial charge is 0.497 e. The van der Waals surface area contributed by atoms with Crippen LogP contribution >= 0.6 is 0 Å². The zero-order valence-corrected chi connectivity index (χ0v) is 8.22. The van der Waals surface area contributed by atoms with Crippen LogP contribution in [0.2, 0.25) is 0 Å². The summed E-state index contributed by atoms with van der Waals surface area (Å²) < 4.78 is 18.5. The zero-order valence-electron chi connectivity index (χ0n) is 8.22. The molecule has 1 aliphatic rings. The standard InChI is InChI=1S/C11H14FNO/c1-14-9-2-3-10(11(12)6-9)8-4-5-13-7-8/h2-3,6,8,13H,4-5,7H2,1H3. The Balaban J connectivity index is 2.25. The first-order chi connectivity index (χ1) is 6.81. The molecule has 1 aromatic rings. The summed E-state index contributed by atoms with van der Waals surface area (Å²) in [5, 5.41) is 3.23. The molecule has 1 fully saturated rings. The molecule has 0 radical (unpaired) electrons. The Bertz CT molecular complexity index is 321. The van der Waals surface area contributed by atoms with Crippen LogP contribution in [-0.2, 0) is 0 Å². The van der Waals surface area contributed by atoms with Gasteiger partial charge in [-0.15, -0.1) is 0 Å². The lowest BCUT2D eigenvalue weighted by Gasteiger charge is -2.10. The van der Waals surface area contributed by atoms with Crippen molar-refractivity contribution in [3.05, 3.63) is 29.6 Å². The highest BCUT2D eigenvalue weighted by atomic mass is 19.1. The highest BCUT2D eigenvalue weighted by Crippen LogP contribution is 2.27. The molecule has 1 unspecified atom stereocenters. The normalized spacial score (nSPS) is 21.1. The molecule has 1 aromatic carbocycles. The summed E-state index contributed by atoms with van der Waals surface area (Å²) in [4.78, 5) is 0. The predicted molar refractivity (Wildman–Crippen MR) is 53.2 cm³/mol. The van der Waals surface area contributed by atoms with E-state index in [-0.39, 0.29) is 5.82 Å². The quantitative estimate of drug-likeness (QED) is 0.778. The Labute approximate surface area is 83.1 Å². The molecule has 14 heavy (non-hydrogen) atoms. The van der Waals surface area contributed by atoms with Gasteiger partial charge in [0.05, 0.1) is 7.11 Å². The number of hydrogen-bond donors (Lipinski definition) is 1. The van der Waals surface area contributed by atoms with Crippen molar-refractivity contribution in [3.63, 3.8) is 0 Å². The zero-order chi connectivity index (χ0) is 9.97. The maximum absolute atomic E-state index is 13.6. The predicted octanol–water partition coefficient (Wildman–Crippen LogP) is 1.91. The molecule has 0 aliphatic carbocycles. The number of benzene rings is 1. The SMILES string of the molecule is COc1ccc(C2CCNC2)c(F)c1. The van der Waals surface area contributed by atoms with E-state index in [1.54, 1.807) is 7.11 Å². The third-order valence-electron chi connectivity index (χ3n) is 2.71. The second kappa shape index (κ2) is 3.96. The van der Waals surface area contributed by atoms with E-state index in [2.05, 4.69) is 5.32 Å². The van der Waals surface area contributed by atoms with Crippen LogP contribution < -0.4 is 10.1 Å². The van der Waals surface area contributed by atoms with Crippen LogP contribution in [0.15, 0.2) is 18.2 Å². The number of nitrogens with one attached hydrogen (secondary N) is 1. The van der Waals surface area contributed by atoms with Crippen LogP contribution in [0.5, 0.6) is 5.75 Å². The number of methoxy groups -OCH3 is 1. The number of hydrogen-bond acceptors (Lipinski definition) is 2. The first-order valence-electron chi connectivity index (χ1n) is 4.85. The van der Waals surface area contributed by atoms with Gasteiger partial charge in [0.25, 0.3) is 0 Å². The summed E-state index contributed by atoms with van der Waals surface area (Å²) in [7, 11) is 1.55. The van der Waals surface area contributed by atoms with Gasteiger partial charge in [-0.05, 0) is 24.6 Å². The molecule has 0 amide bonds.